The average Bonchev–Trinajstić information content (AvgIpc) is 3.69. The number of esters is 4. The van der Waals surface area contributed by atoms with Crippen molar-refractivity contribution in [1.29, 1.82) is 0 Å². The van der Waals surface area contributed by atoms with Crippen molar-refractivity contribution in [1.82, 2.24) is 0 Å². The second-order valence-electron chi connectivity index (χ2n) is 26.9. The molecular formula is C70H136O17P2. The summed E-state index contributed by atoms with van der Waals surface area (Å²) in [5.74, 6) is 0.814. The summed E-state index contributed by atoms with van der Waals surface area (Å²) in [6.07, 6.45) is 42.0. The SMILES string of the molecule is CCC(C)CCCCCCCCCCC(=O)O[C@H](COC(=O)CCCCCCCCCCCCCCCCCC(C)C)COP(=O)(O)OCC(O)COP(=O)(O)OC[C@@H](COC(=O)CCCCCCCCCC(C)C)OC(=O)CCCCCCCCC(C)C. The first-order valence-electron chi connectivity index (χ1n) is 36.2. The van der Waals surface area contributed by atoms with Crippen LogP contribution in [0, 0.1) is 23.7 Å². The molecule has 89 heavy (non-hydrogen) atoms. The van der Waals surface area contributed by atoms with Gasteiger partial charge in [0.25, 0.3) is 0 Å². The minimum Gasteiger partial charge on any atom is -0.462 e. The second-order valence-corrected chi connectivity index (χ2v) is 29.8. The van der Waals surface area contributed by atoms with Crippen molar-refractivity contribution < 1.29 is 80.2 Å². The van der Waals surface area contributed by atoms with E-state index in [0.29, 0.717) is 37.5 Å². The monoisotopic (exact) mass is 1310 g/mol. The van der Waals surface area contributed by atoms with Gasteiger partial charge in [0.1, 0.15) is 19.3 Å². The van der Waals surface area contributed by atoms with Crippen LogP contribution in [0.15, 0.2) is 0 Å². The number of hydrogen-bond acceptors (Lipinski definition) is 15. The van der Waals surface area contributed by atoms with Crippen molar-refractivity contribution in [3.05, 3.63) is 0 Å². The Hall–Kier alpha value is -1.94. The Morgan fingerprint density at radius 2 is 0.539 bits per heavy atom. The van der Waals surface area contributed by atoms with Crippen LogP contribution in [-0.2, 0) is 65.4 Å². The molecule has 0 radical (unpaired) electrons. The second kappa shape index (κ2) is 59.8. The van der Waals surface area contributed by atoms with Crippen molar-refractivity contribution >= 4 is 39.5 Å². The number of phosphoric ester groups is 2. The maximum absolute atomic E-state index is 13.0. The number of rotatable bonds is 67. The molecule has 0 bridgehead atoms. The highest BCUT2D eigenvalue weighted by Gasteiger charge is 2.30. The van der Waals surface area contributed by atoms with Crippen LogP contribution >= 0.6 is 15.6 Å². The van der Waals surface area contributed by atoms with Crippen molar-refractivity contribution in [2.24, 2.45) is 23.7 Å². The molecule has 3 N–H and O–H groups in total. The van der Waals surface area contributed by atoms with Crippen molar-refractivity contribution in [3.63, 3.8) is 0 Å². The first-order valence-corrected chi connectivity index (χ1v) is 39.2. The molecule has 0 aliphatic carbocycles. The van der Waals surface area contributed by atoms with Gasteiger partial charge in [-0.2, -0.15) is 0 Å². The Morgan fingerprint density at radius 1 is 0.315 bits per heavy atom. The quantitative estimate of drug-likeness (QED) is 0.0222. The minimum absolute atomic E-state index is 0.101. The number of phosphoric acid groups is 2. The van der Waals surface area contributed by atoms with Crippen LogP contribution in [0.2, 0.25) is 0 Å². The number of carbonyl (C=O) groups is 4. The van der Waals surface area contributed by atoms with E-state index in [1.165, 1.54) is 141 Å². The van der Waals surface area contributed by atoms with E-state index in [-0.39, 0.29) is 25.7 Å². The van der Waals surface area contributed by atoms with Crippen LogP contribution in [-0.4, -0.2) is 96.7 Å². The predicted molar refractivity (Wildman–Crippen MR) is 358 cm³/mol. The van der Waals surface area contributed by atoms with Gasteiger partial charge >= 0.3 is 39.5 Å². The Balaban J connectivity index is 5.20. The summed E-state index contributed by atoms with van der Waals surface area (Å²) in [6.45, 7) is 14.0. The number of aliphatic hydroxyl groups is 1. The molecule has 0 aliphatic heterocycles. The fourth-order valence-electron chi connectivity index (χ4n) is 10.5. The lowest BCUT2D eigenvalue weighted by Crippen LogP contribution is -2.30. The van der Waals surface area contributed by atoms with E-state index in [2.05, 4.69) is 55.4 Å². The van der Waals surface area contributed by atoms with Gasteiger partial charge in [-0.05, 0) is 49.4 Å². The van der Waals surface area contributed by atoms with Gasteiger partial charge in [0.05, 0.1) is 26.4 Å². The molecule has 528 valence electrons. The third-order valence-corrected chi connectivity index (χ3v) is 18.3. The van der Waals surface area contributed by atoms with Crippen molar-refractivity contribution in [2.45, 2.75) is 363 Å². The molecule has 0 heterocycles. The van der Waals surface area contributed by atoms with Gasteiger partial charge in [-0.1, -0.05) is 293 Å². The summed E-state index contributed by atoms with van der Waals surface area (Å²) in [7, 11) is -9.90. The van der Waals surface area contributed by atoms with Gasteiger partial charge in [0, 0.05) is 25.7 Å². The molecule has 0 rings (SSSR count). The molecule has 0 aromatic heterocycles. The minimum atomic E-state index is -4.95. The number of aliphatic hydroxyl groups excluding tert-OH is 1. The summed E-state index contributed by atoms with van der Waals surface area (Å²) in [4.78, 5) is 72.4. The normalized spacial score (nSPS) is 14.6. The predicted octanol–water partition coefficient (Wildman–Crippen LogP) is 19.7. The summed E-state index contributed by atoms with van der Waals surface area (Å²) < 4.78 is 68.2. The zero-order valence-electron chi connectivity index (χ0n) is 58.1. The summed E-state index contributed by atoms with van der Waals surface area (Å²) in [6, 6.07) is 0. The van der Waals surface area contributed by atoms with Gasteiger partial charge in [0.15, 0.2) is 12.2 Å². The Bertz CT molecular complexity index is 1770. The van der Waals surface area contributed by atoms with Gasteiger partial charge in [-0.3, -0.25) is 37.3 Å². The average molecular weight is 1310 g/mol. The molecule has 0 saturated carbocycles. The van der Waals surface area contributed by atoms with Crippen molar-refractivity contribution in [2.75, 3.05) is 39.6 Å². The third kappa shape index (κ3) is 63.2. The van der Waals surface area contributed by atoms with Gasteiger partial charge < -0.3 is 33.8 Å². The molecule has 0 aromatic carbocycles. The Kier molecular flexibility index (Phi) is 58.5. The Morgan fingerprint density at radius 3 is 0.798 bits per heavy atom. The molecule has 19 heteroatoms. The topological polar surface area (TPSA) is 237 Å². The van der Waals surface area contributed by atoms with E-state index in [0.717, 1.165) is 108 Å². The fraction of sp³-hybridized carbons (Fsp3) is 0.943. The van der Waals surface area contributed by atoms with E-state index in [1.807, 2.05) is 0 Å². The lowest BCUT2D eigenvalue weighted by Gasteiger charge is -2.21. The highest BCUT2D eigenvalue weighted by atomic mass is 31.2. The van der Waals surface area contributed by atoms with Crippen LogP contribution < -0.4 is 0 Å². The first kappa shape index (κ1) is 87.1. The van der Waals surface area contributed by atoms with E-state index >= 15 is 0 Å². The van der Waals surface area contributed by atoms with Crippen LogP contribution in [0.1, 0.15) is 344 Å². The largest absolute Gasteiger partial charge is 0.472 e. The highest BCUT2D eigenvalue weighted by Crippen LogP contribution is 2.45. The number of hydrogen-bond donors (Lipinski definition) is 3. The molecule has 0 aromatic rings. The van der Waals surface area contributed by atoms with Crippen LogP contribution in [0.5, 0.6) is 0 Å². The summed E-state index contributed by atoms with van der Waals surface area (Å²) in [5.41, 5.74) is 0. The molecule has 0 aliphatic rings. The maximum atomic E-state index is 13.0. The lowest BCUT2D eigenvalue weighted by atomic mass is 9.99. The maximum Gasteiger partial charge on any atom is 0.472 e. The molecule has 0 spiro atoms. The molecular weight excluding hydrogens is 1170 g/mol. The number of carbonyl (C=O) groups excluding carboxylic acids is 4. The number of unbranched alkanes of at least 4 members (excludes halogenated alkanes) is 32. The molecule has 0 saturated heterocycles. The molecule has 0 amide bonds. The highest BCUT2D eigenvalue weighted by molar-refractivity contribution is 7.47. The standard InChI is InChI=1S/C70H136O17P2/c1-9-63(8)49-41-33-24-19-20-26-36-44-52-69(74)86-65(56-80-67(72)50-42-34-25-18-16-14-12-10-11-13-15-17-22-30-38-46-60(2)3)58-84-88(76,77)82-54-64(71)55-83-89(78,79)85-59-66(87-70(75)53-45-37-29-28-32-40-48-62(6)7)57-81-68(73)51-43-35-27-21-23-31-39-47-61(4)5/h60-66,71H,9-59H2,1-8H3,(H,76,77)(H,78,79)/t63?,64?,65-,66-/m1/s1. The molecule has 6 atom stereocenters. The van der Waals surface area contributed by atoms with Crippen LogP contribution in [0.3, 0.4) is 0 Å². The van der Waals surface area contributed by atoms with E-state index in [1.54, 1.807) is 0 Å². The number of ether oxygens (including phenoxy) is 4. The van der Waals surface area contributed by atoms with Crippen LogP contribution in [0.25, 0.3) is 0 Å². The van der Waals surface area contributed by atoms with E-state index < -0.39 is 97.5 Å². The molecule has 4 unspecified atom stereocenters. The van der Waals surface area contributed by atoms with Crippen LogP contribution in [0.4, 0.5) is 0 Å². The zero-order valence-corrected chi connectivity index (χ0v) is 59.8. The van der Waals surface area contributed by atoms with E-state index in [9.17, 15) is 43.2 Å². The smallest absolute Gasteiger partial charge is 0.462 e. The van der Waals surface area contributed by atoms with E-state index in [4.69, 9.17) is 37.0 Å². The fourth-order valence-corrected chi connectivity index (χ4v) is 12.0. The van der Waals surface area contributed by atoms with Gasteiger partial charge in [-0.15, -0.1) is 0 Å². The first-order chi connectivity index (χ1) is 42.6. The summed E-state index contributed by atoms with van der Waals surface area (Å²) in [5, 5.41) is 10.6. The van der Waals surface area contributed by atoms with Gasteiger partial charge in [0.2, 0.25) is 0 Å². The van der Waals surface area contributed by atoms with Crippen molar-refractivity contribution in [3.8, 4) is 0 Å². The third-order valence-electron chi connectivity index (χ3n) is 16.4. The zero-order chi connectivity index (χ0) is 66.1. The lowest BCUT2D eigenvalue weighted by molar-refractivity contribution is -0.161. The molecule has 0 fully saturated rings. The summed E-state index contributed by atoms with van der Waals surface area (Å²) >= 11 is 0. The Labute approximate surface area is 543 Å². The molecule has 17 nitrogen and oxygen atoms in total. The van der Waals surface area contributed by atoms with Gasteiger partial charge in [-0.25, -0.2) is 9.13 Å².